The summed E-state index contributed by atoms with van der Waals surface area (Å²) in [5.74, 6) is 0. The van der Waals surface area contributed by atoms with Gasteiger partial charge in [-0.3, -0.25) is 0 Å². The zero-order chi connectivity index (χ0) is 24.6. The Labute approximate surface area is 203 Å². The van der Waals surface area contributed by atoms with Crippen LogP contribution in [0.4, 0.5) is 0 Å². The van der Waals surface area contributed by atoms with E-state index < -0.39 is 10.1 Å². The van der Waals surface area contributed by atoms with Gasteiger partial charge in [0, 0.05) is 0 Å². The van der Waals surface area contributed by atoms with E-state index in [0.717, 1.165) is 5.56 Å². The second-order valence-electron chi connectivity index (χ2n) is 8.97. The van der Waals surface area contributed by atoms with Crippen molar-refractivity contribution >= 4 is 10.1 Å². The van der Waals surface area contributed by atoms with Crippen molar-refractivity contribution in [1.82, 2.24) is 0 Å². The number of rotatable bonds is 14. The smallest absolute Gasteiger partial charge is 0.125 e. The van der Waals surface area contributed by atoms with Crippen LogP contribution in [0.25, 0.3) is 11.1 Å². The monoisotopic (exact) mass is 475 g/mol. The minimum absolute atomic E-state index is 0.179. The fraction of sp³-hybridized carbons (Fsp3) is 0.571. The van der Waals surface area contributed by atoms with Gasteiger partial charge in [0.1, 0.15) is 10.1 Å². The fourth-order valence-electron chi connectivity index (χ4n) is 4.19. The predicted molar refractivity (Wildman–Crippen MR) is 139 cm³/mol. The average Bonchev–Trinajstić information content (AvgIpc) is 2.83. The van der Waals surface area contributed by atoms with E-state index in [9.17, 15) is 13.0 Å². The van der Waals surface area contributed by atoms with Gasteiger partial charge in [0.2, 0.25) is 0 Å². The lowest BCUT2D eigenvalue weighted by Crippen LogP contribution is -2.50. The van der Waals surface area contributed by atoms with Crippen molar-refractivity contribution in [2.24, 2.45) is 0 Å². The summed E-state index contributed by atoms with van der Waals surface area (Å²) in [4.78, 5) is -0.179. The van der Waals surface area contributed by atoms with E-state index in [-0.39, 0.29) is 4.90 Å². The first-order chi connectivity index (χ1) is 15.8. The first-order valence-electron chi connectivity index (χ1n) is 12.8. The van der Waals surface area contributed by atoms with E-state index in [2.05, 4.69) is 27.7 Å². The van der Waals surface area contributed by atoms with Gasteiger partial charge in [-0.1, -0.05) is 102 Å². The van der Waals surface area contributed by atoms with Crippen LogP contribution in [0.3, 0.4) is 0 Å². The van der Waals surface area contributed by atoms with Gasteiger partial charge in [0.25, 0.3) is 0 Å². The van der Waals surface area contributed by atoms with Crippen molar-refractivity contribution in [1.29, 1.82) is 0 Å². The van der Waals surface area contributed by atoms with Crippen molar-refractivity contribution in [2.75, 3.05) is 26.2 Å². The first kappa shape index (κ1) is 29.3. The number of quaternary nitrogens is 1. The Hall–Kier alpha value is -1.69. The van der Waals surface area contributed by atoms with Gasteiger partial charge in [-0.25, -0.2) is 8.42 Å². The van der Waals surface area contributed by atoms with E-state index in [1.165, 1.54) is 94.2 Å². The fourth-order valence-corrected chi connectivity index (χ4v) is 4.89. The standard InChI is InChI=1S/C16H36N.C12H10O3S/c1-5-9-13-17(14-10-6-2,15-11-7-3)16-12-8-4;13-16(14,15)12-9-5-4-8-11(12)10-6-2-1-3-7-10/h5-16H2,1-4H3;1-9H,(H,13,14,15)/q+1;/p-1. The molecule has 0 saturated carbocycles. The Bertz CT molecular complexity index is 828. The highest BCUT2D eigenvalue weighted by Gasteiger charge is 2.24. The Morgan fingerprint density at radius 2 is 1.03 bits per heavy atom. The maximum Gasteiger partial charge on any atom is 0.125 e. The Kier molecular flexibility index (Phi) is 14.2. The molecule has 4 nitrogen and oxygen atoms in total. The molecule has 0 heterocycles. The van der Waals surface area contributed by atoms with Crippen LogP contribution < -0.4 is 0 Å². The van der Waals surface area contributed by atoms with Crippen LogP contribution in [0.2, 0.25) is 0 Å². The Balaban J connectivity index is 0.000000330. The Morgan fingerprint density at radius 3 is 1.42 bits per heavy atom. The van der Waals surface area contributed by atoms with Crippen LogP contribution in [0.5, 0.6) is 0 Å². The van der Waals surface area contributed by atoms with E-state index in [1.807, 2.05) is 6.07 Å². The highest BCUT2D eigenvalue weighted by atomic mass is 32.2. The molecule has 0 spiro atoms. The lowest BCUT2D eigenvalue weighted by Gasteiger charge is -2.39. The lowest BCUT2D eigenvalue weighted by atomic mass is 10.1. The molecule has 0 aliphatic carbocycles. The molecule has 2 aromatic rings. The molecule has 0 amide bonds. The number of hydrogen-bond acceptors (Lipinski definition) is 3. The molecule has 0 aliphatic rings. The van der Waals surface area contributed by atoms with Crippen LogP contribution in [0, 0.1) is 0 Å². The lowest BCUT2D eigenvalue weighted by molar-refractivity contribution is -0.929. The summed E-state index contributed by atoms with van der Waals surface area (Å²) in [5, 5.41) is 0. The second-order valence-corrected chi connectivity index (χ2v) is 10.3. The largest absolute Gasteiger partial charge is 0.744 e. The van der Waals surface area contributed by atoms with Crippen molar-refractivity contribution in [3.05, 3.63) is 54.6 Å². The molecule has 2 rings (SSSR count). The molecule has 2 aromatic carbocycles. The van der Waals surface area contributed by atoms with Gasteiger partial charge in [-0.2, -0.15) is 0 Å². The predicted octanol–water partition coefficient (Wildman–Crippen LogP) is 7.26. The van der Waals surface area contributed by atoms with Crippen LogP contribution in [-0.2, 0) is 10.1 Å². The average molecular weight is 476 g/mol. The van der Waals surface area contributed by atoms with Gasteiger partial charge >= 0.3 is 0 Å². The number of benzene rings is 2. The van der Waals surface area contributed by atoms with Gasteiger partial charge < -0.3 is 9.04 Å². The van der Waals surface area contributed by atoms with E-state index in [0.29, 0.717) is 5.56 Å². The number of nitrogens with zero attached hydrogens (tertiary/aromatic N) is 1. The van der Waals surface area contributed by atoms with Gasteiger partial charge in [0.15, 0.2) is 0 Å². The molecule has 33 heavy (non-hydrogen) atoms. The maximum absolute atomic E-state index is 11.1. The molecule has 0 fully saturated rings. The van der Waals surface area contributed by atoms with E-state index in [1.54, 1.807) is 36.4 Å². The van der Waals surface area contributed by atoms with E-state index >= 15 is 0 Å². The summed E-state index contributed by atoms with van der Waals surface area (Å²) in [6.45, 7) is 15.0. The molecule has 5 heteroatoms. The number of unbranched alkanes of at least 4 members (excludes halogenated alkanes) is 4. The van der Waals surface area contributed by atoms with Gasteiger partial charge in [-0.15, -0.1) is 0 Å². The maximum atomic E-state index is 11.1. The van der Waals surface area contributed by atoms with Gasteiger partial charge in [-0.05, 0) is 42.9 Å². The van der Waals surface area contributed by atoms with Crippen molar-refractivity contribution in [3.63, 3.8) is 0 Å². The zero-order valence-electron chi connectivity index (χ0n) is 21.3. The molecule has 0 unspecified atom stereocenters. The SMILES string of the molecule is CCCC[N+](CCCC)(CCCC)CCCC.O=S(=O)([O-])c1ccccc1-c1ccccc1. The molecule has 0 N–H and O–H groups in total. The van der Waals surface area contributed by atoms with Crippen LogP contribution >= 0.6 is 0 Å². The molecule has 0 aromatic heterocycles. The van der Waals surface area contributed by atoms with Crippen molar-refractivity contribution in [2.45, 2.75) is 84.0 Å². The van der Waals surface area contributed by atoms with Crippen LogP contribution in [0.15, 0.2) is 59.5 Å². The molecule has 186 valence electrons. The third-order valence-electron chi connectivity index (χ3n) is 6.19. The summed E-state index contributed by atoms with van der Waals surface area (Å²) in [6.07, 6.45) is 11.1. The highest BCUT2D eigenvalue weighted by molar-refractivity contribution is 7.85. The minimum atomic E-state index is -4.43. The van der Waals surface area contributed by atoms with Crippen molar-refractivity contribution in [3.8, 4) is 11.1 Å². The summed E-state index contributed by atoms with van der Waals surface area (Å²) in [5.41, 5.74) is 1.16. The highest BCUT2D eigenvalue weighted by Crippen LogP contribution is 2.26. The van der Waals surface area contributed by atoms with Crippen molar-refractivity contribution < 1.29 is 17.5 Å². The molecular formula is C28H45NO3S. The summed E-state index contributed by atoms with van der Waals surface area (Å²) in [6, 6.07) is 15.2. The molecule has 0 atom stereocenters. The molecule has 0 bridgehead atoms. The normalized spacial score (nSPS) is 11.7. The molecular weight excluding hydrogens is 430 g/mol. The quantitative estimate of drug-likeness (QED) is 0.213. The third kappa shape index (κ3) is 10.9. The minimum Gasteiger partial charge on any atom is -0.744 e. The zero-order valence-corrected chi connectivity index (χ0v) is 22.1. The molecule has 0 radical (unpaired) electrons. The summed E-state index contributed by atoms with van der Waals surface area (Å²) < 4.78 is 34.6. The van der Waals surface area contributed by atoms with Gasteiger partial charge in [0.05, 0.1) is 31.1 Å². The van der Waals surface area contributed by atoms with Crippen LogP contribution in [-0.4, -0.2) is 43.6 Å². The summed E-state index contributed by atoms with van der Waals surface area (Å²) in [7, 11) is -4.43. The topological polar surface area (TPSA) is 57.2 Å². The molecule has 0 aliphatic heterocycles. The second kappa shape index (κ2) is 16.0. The third-order valence-corrected chi connectivity index (χ3v) is 7.08. The first-order valence-corrected chi connectivity index (χ1v) is 14.2. The van der Waals surface area contributed by atoms with Crippen LogP contribution in [0.1, 0.15) is 79.1 Å². The molecule has 0 saturated heterocycles. The summed E-state index contributed by atoms with van der Waals surface area (Å²) >= 11 is 0. The van der Waals surface area contributed by atoms with E-state index in [4.69, 9.17) is 0 Å². The Morgan fingerprint density at radius 1 is 0.636 bits per heavy atom. The number of hydrogen-bond donors (Lipinski definition) is 0.